The molecule has 6 heteroatoms. The molecule has 0 aliphatic carbocycles. The van der Waals surface area contributed by atoms with Gasteiger partial charge in [0.05, 0.1) is 6.10 Å². The lowest BCUT2D eigenvalue weighted by molar-refractivity contribution is 0.211. The minimum atomic E-state index is 0.0154. The van der Waals surface area contributed by atoms with E-state index in [1.807, 2.05) is 0 Å². The molecule has 2 bridgehead atoms. The predicted molar refractivity (Wildman–Crippen MR) is 153 cm³/mol. The normalized spacial score (nSPS) is 21.8. The van der Waals surface area contributed by atoms with Gasteiger partial charge in [0.2, 0.25) is 0 Å². The van der Waals surface area contributed by atoms with Crippen LogP contribution in [-0.2, 0) is 6.42 Å². The highest BCUT2D eigenvalue weighted by Crippen LogP contribution is 2.33. The molecule has 178 valence electrons. The Hall–Kier alpha value is -1.07. The molecule has 1 heterocycles. The van der Waals surface area contributed by atoms with Gasteiger partial charge in [0.25, 0.3) is 0 Å². The maximum atomic E-state index is 6.76. The average Bonchev–Trinajstić information content (AvgIpc) is 2.77. The summed E-state index contributed by atoms with van der Waals surface area (Å²) in [5, 5.41) is 2.30. The summed E-state index contributed by atoms with van der Waals surface area (Å²) in [4.78, 5) is 0. The zero-order chi connectivity index (χ0) is 23.8. The van der Waals surface area contributed by atoms with Crippen molar-refractivity contribution in [3.63, 3.8) is 0 Å². The number of benzene rings is 2. The van der Waals surface area contributed by atoms with E-state index in [0.29, 0.717) is 0 Å². The van der Waals surface area contributed by atoms with E-state index in [4.69, 9.17) is 10.5 Å². The summed E-state index contributed by atoms with van der Waals surface area (Å²) in [5.74, 6) is 8.70. The molecular weight excluding hydrogens is 462 g/mol. The summed E-state index contributed by atoms with van der Waals surface area (Å²) >= 11 is 1.74. The fourth-order valence-corrected chi connectivity index (χ4v) is 5.87. The number of ether oxygens (including phenoxy) is 1. The first-order chi connectivity index (χ1) is 15.9. The van der Waals surface area contributed by atoms with Crippen molar-refractivity contribution >= 4 is 41.0 Å². The summed E-state index contributed by atoms with van der Waals surface area (Å²) < 4.78 is 10.1. The first-order valence-electron chi connectivity index (χ1n) is 11.9. The van der Waals surface area contributed by atoms with Crippen molar-refractivity contribution < 1.29 is 4.74 Å². The van der Waals surface area contributed by atoms with Gasteiger partial charge in [-0.15, -0.1) is 30.3 Å². The quantitative estimate of drug-likeness (QED) is 0.358. The van der Waals surface area contributed by atoms with Crippen LogP contribution in [0.4, 0.5) is 0 Å². The number of nitrogens with one attached hydrogen (secondary N) is 1. The van der Waals surface area contributed by atoms with Gasteiger partial charge in [-0.25, -0.2) is 0 Å². The zero-order valence-corrected chi connectivity index (χ0v) is 23.2. The molecule has 1 aliphatic rings. The summed E-state index contributed by atoms with van der Waals surface area (Å²) in [6.45, 7) is 6.46. The summed E-state index contributed by atoms with van der Waals surface area (Å²) in [7, 11) is 5.85. The lowest BCUT2D eigenvalue weighted by atomic mass is 9.94. The molecule has 1 aliphatic heterocycles. The minimum absolute atomic E-state index is 0.0154. The highest BCUT2D eigenvalue weighted by molar-refractivity contribution is 7.97. The van der Waals surface area contributed by atoms with Gasteiger partial charge >= 0.3 is 0 Å². The van der Waals surface area contributed by atoms with Crippen molar-refractivity contribution in [1.82, 2.24) is 4.72 Å². The average molecular weight is 501 g/mol. The van der Waals surface area contributed by atoms with E-state index in [1.54, 1.807) is 11.9 Å². The molecular formula is C27H38N2OP2S. The third-order valence-electron chi connectivity index (χ3n) is 6.04. The van der Waals surface area contributed by atoms with Crippen molar-refractivity contribution in [1.29, 1.82) is 0 Å². The molecule has 0 amide bonds. The third kappa shape index (κ3) is 7.45. The third-order valence-corrected chi connectivity index (χ3v) is 7.91. The number of hydrogen-bond donors (Lipinski definition) is 2. The molecule has 0 spiro atoms. The van der Waals surface area contributed by atoms with Crippen LogP contribution in [-0.4, -0.2) is 23.9 Å². The molecule has 2 aromatic rings. The largest absolute Gasteiger partial charge is 0.489 e. The van der Waals surface area contributed by atoms with Crippen LogP contribution in [0.3, 0.4) is 0 Å². The SMILES string of the molecule is CCSNC1CCC#CCCCC(C)Oc2c(P)cc(C)cc2-c2cccc(c2P)CC1N. The van der Waals surface area contributed by atoms with E-state index < -0.39 is 0 Å². The molecule has 2 aromatic carbocycles. The van der Waals surface area contributed by atoms with Gasteiger partial charge in [-0.05, 0) is 73.7 Å². The monoisotopic (exact) mass is 500 g/mol. The first-order valence-corrected chi connectivity index (χ1v) is 14.1. The number of rotatable bonds is 3. The van der Waals surface area contributed by atoms with Gasteiger partial charge < -0.3 is 10.5 Å². The number of aryl methyl sites for hydroxylation is 1. The van der Waals surface area contributed by atoms with E-state index in [-0.39, 0.29) is 18.2 Å². The van der Waals surface area contributed by atoms with E-state index in [2.05, 4.69) is 86.1 Å². The number of fused-ring (bicyclic) bond motifs is 4. The fourth-order valence-electron chi connectivity index (χ4n) is 4.25. The minimum Gasteiger partial charge on any atom is -0.489 e. The Labute approximate surface area is 209 Å². The molecule has 0 aromatic heterocycles. The van der Waals surface area contributed by atoms with Crippen LogP contribution in [0.5, 0.6) is 5.75 Å². The number of hydrogen-bond acceptors (Lipinski definition) is 4. The van der Waals surface area contributed by atoms with Crippen molar-refractivity contribution in [2.24, 2.45) is 5.73 Å². The molecule has 33 heavy (non-hydrogen) atoms. The van der Waals surface area contributed by atoms with Gasteiger partial charge in [0.1, 0.15) is 5.75 Å². The van der Waals surface area contributed by atoms with Crippen LogP contribution in [0.15, 0.2) is 30.3 Å². The van der Waals surface area contributed by atoms with Crippen LogP contribution in [0.25, 0.3) is 11.1 Å². The lowest BCUT2D eigenvalue weighted by Gasteiger charge is -2.25. The van der Waals surface area contributed by atoms with Gasteiger partial charge in [-0.2, -0.15) is 0 Å². The summed E-state index contributed by atoms with van der Waals surface area (Å²) in [6.07, 6.45) is 5.72. The second kappa shape index (κ2) is 13.1. The smallest absolute Gasteiger partial charge is 0.134 e. The molecule has 0 saturated heterocycles. The second-order valence-electron chi connectivity index (χ2n) is 8.85. The van der Waals surface area contributed by atoms with E-state index >= 15 is 0 Å². The van der Waals surface area contributed by atoms with Crippen LogP contribution < -0.4 is 25.8 Å². The molecule has 0 saturated carbocycles. The van der Waals surface area contributed by atoms with Gasteiger partial charge in [0.15, 0.2) is 0 Å². The highest BCUT2D eigenvalue weighted by Gasteiger charge is 2.21. The van der Waals surface area contributed by atoms with Crippen LogP contribution in [0, 0.1) is 18.8 Å². The summed E-state index contributed by atoms with van der Waals surface area (Å²) in [5.41, 5.74) is 11.6. The molecule has 0 radical (unpaired) electrons. The van der Waals surface area contributed by atoms with Gasteiger partial charge in [-0.3, -0.25) is 4.72 Å². The molecule has 3 nitrogen and oxygen atoms in total. The number of nitrogens with two attached hydrogens (primary N) is 1. The first kappa shape index (κ1) is 26.5. The standard InChI is InChI=1S/C27H38N2OP2S/c1-4-33-29-24-14-9-7-5-6-8-11-19(3)30-26-22(15-18(2)16-25(26)31)21-13-10-12-20(27(21)32)17-23(24)28/h10,12-13,15-16,19,23-24,29H,4,6,8-9,11,14,17,28,31-32H2,1-3H3. The van der Waals surface area contributed by atoms with Gasteiger partial charge in [-0.1, -0.05) is 37.1 Å². The Morgan fingerprint density at radius 2 is 1.94 bits per heavy atom. The fraction of sp³-hybridized carbons (Fsp3) is 0.481. The van der Waals surface area contributed by atoms with Crippen molar-refractivity contribution in [2.45, 2.75) is 77.5 Å². The van der Waals surface area contributed by atoms with E-state index in [1.165, 1.54) is 22.0 Å². The maximum absolute atomic E-state index is 6.76. The topological polar surface area (TPSA) is 47.3 Å². The summed E-state index contributed by atoms with van der Waals surface area (Å²) in [6, 6.07) is 11.2. The molecule has 3 N–H and O–H groups in total. The Balaban J connectivity index is 2.03. The highest BCUT2D eigenvalue weighted by atomic mass is 32.2. The molecule has 0 fully saturated rings. The Bertz CT molecular complexity index is 1000. The second-order valence-corrected chi connectivity index (χ2v) is 11.1. The Morgan fingerprint density at radius 1 is 1.15 bits per heavy atom. The predicted octanol–water partition coefficient (Wildman–Crippen LogP) is 4.89. The van der Waals surface area contributed by atoms with Crippen molar-refractivity contribution in [3.8, 4) is 28.7 Å². The molecule has 5 atom stereocenters. The van der Waals surface area contributed by atoms with Crippen LogP contribution >= 0.6 is 30.4 Å². The zero-order valence-electron chi connectivity index (χ0n) is 20.1. The van der Waals surface area contributed by atoms with Crippen LogP contribution in [0.2, 0.25) is 0 Å². The Morgan fingerprint density at radius 3 is 2.73 bits per heavy atom. The van der Waals surface area contributed by atoms with Crippen LogP contribution in [0.1, 0.15) is 57.1 Å². The van der Waals surface area contributed by atoms with E-state index in [0.717, 1.165) is 60.9 Å². The van der Waals surface area contributed by atoms with Crippen molar-refractivity contribution in [3.05, 3.63) is 41.5 Å². The lowest BCUT2D eigenvalue weighted by Crippen LogP contribution is -2.44. The van der Waals surface area contributed by atoms with E-state index in [9.17, 15) is 0 Å². The van der Waals surface area contributed by atoms with Gasteiger partial charge in [0, 0.05) is 41.5 Å². The molecule has 5 unspecified atom stereocenters. The Kier molecular flexibility index (Phi) is 10.6. The van der Waals surface area contributed by atoms with Crippen molar-refractivity contribution in [2.75, 3.05) is 5.75 Å². The molecule has 3 rings (SSSR count). The maximum Gasteiger partial charge on any atom is 0.134 e.